The van der Waals surface area contributed by atoms with Crippen LogP contribution in [0.1, 0.15) is 35.0 Å². The molecule has 0 amide bonds. The summed E-state index contributed by atoms with van der Waals surface area (Å²) in [5, 5.41) is 1.21. The Bertz CT molecular complexity index is 1170. The summed E-state index contributed by atoms with van der Waals surface area (Å²) in [7, 11) is 0.729. The van der Waals surface area contributed by atoms with E-state index in [1.807, 2.05) is 24.4 Å². The molecule has 1 fully saturated rings. The van der Waals surface area contributed by atoms with Gasteiger partial charge in [-0.15, -0.1) is 16.9 Å². The number of aromatic nitrogens is 3. The highest BCUT2D eigenvalue weighted by Crippen LogP contribution is 2.36. The van der Waals surface area contributed by atoms with Crippen molar-refractivity contribution in [1.29, 1.82) is 0 Å². The number of nitrogens with two attached hydrogens (primary N) is 1. The summed E-state index contributed by atoms with van der Waals surface area (Å²) in [5.41, 5.74) is 12.2. The quantitative estimate of drug-likeness (QED) is 0.420. The van der Waals surface area contributed by atoms with E-state index in [1.165, 1.54) is 5.01 Å². The average molecular weight is 478 g/mol. The van der Waals surface area contributed by atoms with Crippen molar-refractivity contribution in [3.8, 4) is 27.7 Å². The third-order valence-electron chi connectivity index (χ3n) is 5.54. The number of hydrogen-bond donors (Lipinski definition) is 1. The van der Waals surface area contributed by atoms with Gasteiger partial charge in [-0.2, -0.15) is 0 Å². The van der Waals surface area contributed by atoms with Crippen LogP contribution in [0.15, 0.2) is 36.8 Å². The number of rotatable bonds is 5. The van der Waals surface area contributed by atoms with Gasteiger partial charge < -0.3 is 15.4 Å². The molecule has 0 saturated carbocycles. The molecule has 6 nitrogen and oxygen atoms in total. The lowest BCUT2D eigenvalue weighted by Gasteiger charge is -2.27. The number of nitrogen functional groups attached to an aromatic ring is 1. The molecule has 1 aliphatic rings. The Balaban J connectivity index is 1.46. The molecular formula is C25H31N5OSSi. The van der Waals surface area contributed by atoms with Crippen LogP contribution in [0, 0.1) is 11.5 Å². The molecule has 0 aliphatic carbocycles. The van der Waals surface area contributed by atoms with E-state index in [0.717, 1.165) is 47.6 Å². The minimum absolute atomic E-state index is 0.378. The minimum Gasteiger partial charge on any atom is -0.485 e. The van der Waals surface area contributed by atoms with E-state index in [1.54, 1.807) is 23.7 Å². The average Bonchev–Trinajstić information content (AvgIpc) is 3.28. The molecule has 1 saturated heterocycles. The first kappa shape index (κ1) is 23.4. The van der Waals surface area contributed by atoms with E-state index in [4.69, 9.17) is 15.5 Å². The predicted molar refractivity (Wildman–Crippen MR) is 138 cm³/mol. The molecule has 8 heteroatoms. The fraction of sp³-hybridized carbons (Fsp3) is 0.400. The van der Waals surface area contributed by atoms with Crippen LogP contribution in [0.2, 0.25) is 19.6 Å². The molecule has 0 spiro atoms. The van der Waals surface area contributed by atoms with Gasteiger partial charge in [0.25, 0.3) is 0 Å². The zero-order chi connectivity index (χ0) is 23.4. The first-order valence-electron chi connectivity index (χ1n) is 11.3. The molecule has 3 aromatic rings. The van der Waals surface area contributed by atoms with Gasteiger partial charge in [0.1, 0.15) is 20.4 Å². The Morgan fingerprint density at radius 2 is 1.94 bits per heavy atom. The summed E-state index contributed by atoms with van der Waals surface area (Å²) >= 11 is 1.75. The number of hydrogen-bond acceptors (Lipinski definition) is 7. The topological polar surface area (TPSA) is 77.2 Å². The van der Waals surface area contributed by atoms with Crippen LogP contribution in [-0.4, -0.2) is 48.1 Å². The van der Waals surface area contributed by atoms with E-state index < -0.39 is 8.07 Å². The van der Waals surface area contributed by atoms with Crippen LogP contribution < -0.4 is 10.5 Å². The summed E-state index contributed by atoms with van der Waals surface area (Å²) in [6, 6.07) is 5.86. The number of thiazole rings is 1. The largest absolute Gasteiger partial charge is 0.485 e. The fourth-order valence-corrected chi connectivity index (χ4v) is 5.19. The van der Waals surface area contributed by atoms with Crippen LogP contribution in [0.4, 0.5) is 5.82 Å². The normalized spacial score (nSPS) is 15.2. The van der Waals surface area contributed by atoms with Crippen molar-refractivity contribution in [3.05, 3.63) is 53.1 Å². The van der Waals surface area contributed by atoms with Crippen LogP contribution in [0.3, 0.4) is 0 Å². The van der Waals surface area contributed by atoms with Gasteiger partial charge in [-0.25, -0.2) is 15.0 Å². The van der Waals surface area contributed by atoms with Crippen molar-refractivity contribution >= 4 is 25.2 Å². The second-order valence-electron chi connectivity index (χ2n) is 9.59. The first-order valence-corrected chi connectivity index (χ1v) is 15.6. The SMILES string of the molecule is CN1CCC(c2ncc(-c3cnc(N)c(OCc4ccnc(C#C[Si](C)(C)C)c4)c3)s2)CC1. The van der Waals surface area contributed by atoms with Gasteiger partial charge in [-0.05, 0) is 56.7 Å². The first-order chi connectivity index (χ1) is 15.8. The van der Waals surface area contributed by atoms with Crippen molar-refractivity contribution in [2.75, 3.05) is 25.9 Å². The maximum atomic E-state index is 6.11. The summed E-state index contributed by atoms with van der Waals surface area (Å²) in [6.07, 6.45) is 7.83. The number of nitrogens with zero attached hydrogens (tertiary/aromatic N) is 4. The zero-order valence-corrected chi connectivity index (χ0v) is 21.6. The van der Waals surface area contributed by atoms with Crippen molar-refractivity contribution in [2.45, 2.75) is 45.0 Å². The number of ether oxygens (including phenoxy) is 1. The molecule has 4 rings (SSSR count). The Labute approximate surface area is 201 Å². The van der Waals surface area contributed by atoms with Crippen LogP contribution >= 0.6 is 11.3 Å². The van der Waals surface area contributed by atoms with Crippen molar-refractivity contribution < 1.29 is 4.74 Å². The molecule has 0 aromatic carbocycles. The summed E-state index contributed by atoms with van der Waals surface area (Å²) in [4.78, 5) is 16.9. The molecule has 0 unspecified atom stereocenters. The third kappa shape index (κ3) is 6.41. The van der Waals surface area contributed by atoms with Gasteiger partial charge in [0.05, 0.1) is 9.88 Å². The molecule has 172 valence electrons. The highest BCUT2D eigenvalue weighted by Gasteiger charge is 2.21. The summed E-state index contributed by atoms with van der Waals surface area (Å²) < 4.78 is 6.04. The molecule has 33 heavy (non-hydrogen) atoms. The molecule has 3 aromatic heterocycles. The Morgan fingerprint density at radius 1 is 1.15 bits per heavy atom. The smallest absolute Gasteiger partial charge is 0.166 e. The second-order valence-corrected chi connectivity index (χ2v) is 15.4. The van der Waals surface area contributed by atoms with Gasteiger partial charge >= 0.3 is 0 Å². The number of piperidine rings is 1. The van der Waals surface area contributed by atoms with Gasteiger partial charge in [-0.1, -0.05) is 25.6 Å². The number of anilines is 1. The second kappa shape index (κ2) is 10.0. The Hall–Kier alpha value is -2.73. The van der Waals surface area contributed by atoms with E-state index in [9.17, 15) is 0 Å². The van der Waals surface area contributed by atoms with E-state index in [-0.39, 0.29) is 0 Å². The van der Waals surface area contributed by atoms with E-state index in [2.05, 4.69) is 53.0 Å². The molecule has 0 atom stereocenters. The highest BCUT2D eigenvalue weighted by atomic mass is 32.1. The van der Waals surface area contributed by atoms with Gasteiger partial charge in [0.2, 0.25) is 0 Å². The maximum absolute atomic E-state index is 6.11. The minimum atomic E-state index is -1.45. The lowest BCUT2D eigenvalue weighted by molar-refractivity contribution is 0.255. The fourth-order valence-electron chi connectivity index (χ4n) is 3.62. The number of likely N-dealkylation sites (tertiary alicyclic amines) is 1. The monoisotopic (exact) mass is 477 g/mol. The van der Waals surface area contributed by atoms with Gasteiger partial charge in [0.15, 0.2) is 11.6 Å². The van der Waals surface area contributed by atoms with Crippen LogP contribution in [-0.2, 0) is 6.61 Å². The van der Waals surface area contributed by atoms with Crippen molar-refractivity contribution in [3.63, 3.8) is 0 Å². The van der Waals surface area contributed by atoms with Gasteiger partial charge in [0, 0.05) is 30.1 Å². The predicted octanol–water partition coefficient (Wildman–Crippen LogP) is 4.80. The van der Waals surface area contributed by atoms with Crippen molar-refractivity contribution in [2.24, 2.45) is 0 Å². The summed E-state index contributed by atoms with van der Waals surface area (Å²) in [5.74, 6) is 4.70. The molecule has 1 aliphatic heterocycles. The number of pyridine rings is 2. The Kier molecular flexibility index (Phi) is 7.13. The third-order valence-corrected chi connectivity index (χ3v) is 7.63. The molecule has 0 bridgehead atoms. The van der Waals surface area contributed by atoms with E-state index in [0.29, 0.717) is 24.1 Å². The maximum Gasteiger partial charge on any atom is 0.166 e. The zero-order valence-electron chi connectivity index (χ0n) is 19.8. The lowest BCUT2D eigenvalue weighted by atomic mass is 9.98. The van der Waals surface area contributed by atoms with Gasteiger partial charge in [-0.3, -0.25) is 0 Å². The highest BCUT2D eigenvalue weighted by molar-refractivity contribution is 7.15. The summed E-state index contributed by atoms with van der Waals surface area (Å²) in [6.45, 7) is 9.28. The molecular weight excluding hydrogens is 446 g/mol. The molecule has 2 N–H and O–H groups in total. The van der Waals surface area contributed by atoms with E-state index >= 15 is 0 Å². The lowest BCUT2D eigenvalue weighted by Crippen LogP contribution is -2.29. The van der Waals surface area contributed by atoms with Crippen LogP contribution in [0.25, 0.3) is 10.4 Å². The molecule has 0 radical (unpaired) electrons. The van der Waals surface area contributed by atoms with Crippen molar-refractivity contribution in [1.82, 2.24) is 19.9 Å². The van der Waals surface area contributed by atoms with Crippen LogP contribution in [0.5, 0.6) is 5.75 Å². The Morgan fingerprint density at radius 3 is 2.70 bits per heavy atom. The standard InChI is InChI=1S/C25H31N5OSSi/c1-30-10-6-19(7-11-30)25-29-16-23(32-25)20-14-22(24(26)28-15-20)31-17-18-5-9-27-21(13-18)8-12-33(2,3)4/h5,9,13-16,19H,6-7,10-11,17H2,1-4H3,(H2,26,28). The molecule has 4 heterocycles.